The van der Waals surface area contributed by atoms with Gasteiger partial charge in [-0.3, -0.25) is 9.59 Å². The molecule has 1 saturated carbocycles. The van der Waals surface area contributed by atoms with E-state index in [-0.39, 0.29) is 29.3 Å². The number of benzene rings is 1. The van der Waals surface area contributed by atoms with E-state index in [4.69, 9.17) is 0 Å². The van der Waals surface area contributed by atoms with Crippen LogP contribution in [0.3, 0.4) is 0 Å². The highest BCUT2D eigenvalue weighted by Crippen LogP contribution is 2.47. The summed E-state index contributed by atoms with van der Waals surface area (Å²) in [5.74, 6) is 0.304. The van der Waals surface area contributed by atoms with Crippen LogP contribution in [-0.4, -0.2) is 11.6 Å². The van der Waals surface area contributed by atoms with E-state index in [9.17, 15) is 9.59 Å². The molecule has 0 saturated heterocycles. The second kappa shape index (κ2) is 3.52. The van der Waals surface area contributed by atoms with Gasteiger partial charge in [0, 0.05) is 17.8 Å². The van der Waals surface area contributed by atoms with Crippen molar-refractivity contribution in [2.75, 3.05) is 0 Å². The van der Waals surface area contributed by atoms with Crippen LogP contribution < -0.4 is 0 Å². The fourth-order valence-electron chi connectivity index (χ4n) is 3.63. The second-order valence-corrected chi connectivity index (χ2v) is 5.52. The Balaban J connectivity index is 2.15. The van der Waals surface area contributed by atoms with Crippen LogP contribution in [0.15, 0.2) is 24.3 Å². The first-order chi connectivity index (χ1) is 8.11. The van der Waals surface area contributed by atoms with Crippen molar-refractivity contribution in [3.05, 3.63) is 35.4 Å². The minimum atomic E-state index is -0.249. The highest BCUT2D eigenvalue weighted by molar-refractivity contribution is 6.04. The summed E-state index contributed by atoms with van der Waals surface area (Å²) in [7, 11) is 0. The van der Waals surface area contributed by atoms with Gasteiger partial charge >= 0.3 is 0 Å². The number of hydrogen-bond donors (Lipinski definition) is 0. The van der Waals surface area contributed by atoms with E-state index in [1.165, 1.54) is 11.1 Å². The van der Waals surface area contributed by atoms with Gasteiger partial charge in [0.1, 0.15) is 11.6 Å². The Hall–Kier alpha value is -1.44. The summed E-state index contributed by atoms with van der Waals surface area (Å²) >= 11 is 0. The Kier molecular flexibility index (Phi) is 2.22. The minimum Gasteiger partial charge on any atom is -0.299 e. The average molecular weight is 228 g/mol. The van der Waals surface area contributed by atoms with E-state index in [0.717, 1.165) is 12.8 Å². The lowest BCUT2D eigenvalue weighted by Gasteiger charge is -2.44. The molecule has 0 aromatic heterocycles. The molecular weight excluding hydrogens is 212 g/mol. The van der Waals surface area contributed by atoms with Crippen molar-refractivity contribution in [3.8, 4) is 0 Å². The topological polar surface area (TPSA) is 34.1 Å². The molecule has 1 fully saturated rings. The number of carbonyl (C=O) groups excluding carboxylic acids is 2. The van der Waals surface area contributed by atoms with E-state index in [2.05, 4.69) is 19.1 Å². The first-order valence-electron chi connectivity index (χ1n) is 6.24. The van der Waals surface area contributed by atoms with Crippen molar-refractivity contribution in [1.29, 1.82) is 0 Å². The molecule has 2 atom stereocenters. The Labute approximate surface area is 101 Å². The lowest BCUT2D eigenvalue weighted by atomic mass is 9.57. The maximum atomic E-state index is 12.0. The largest absolute Gasteiger partial charge is 0.299 e. The van der Waals surface area contributed by atoms with Crippen LogP contribution in [0.1, 0.15) is 37.3 Å². The summed E-state index contributed by atoms with van der Waals surface area (Å²) in [5, 5.41) is 0. The third-order valence-electron chi connectivity index (χ3n) is 4.43. The van der Waals surface area contributed by atoms with Crippen LogP contribution in [-0.2, 0) is 21.4 Å². The van der Waals surface area contributed by atoms with E-state index in [1.807, 2.05) is 12.1 Å². The van der Waals surface area contributed by atoms with Crippen LogP contribution in [0.25, 0.3) is 0 Å². The number of Topliss-reactive ketones (excluding diaryl/α,β-unsaturated/α-hetero) is 2. The summed E-state index contributed by atoms with van der Waals surface area (Å²) in [6.45, 7) is 2.09. The fraction of sp³-hybridized carbons (Fsp3) is 0.467. The third-order valence-corrected chi connectivity index (χ3v) is 4.43. The van der Waals surface area contributed by atoms with E-state index in [1.54, 1.807) is 0 Å². The Bertz CT molecular complexity index is 503. The number of carbonyl (C=O) groups is 2. The molecule has 2 aliphatic rings. The van der Waals surface area contributed by atoms with Gasteiger partial charge in [0.15, 0.2) is 0 Å². The summed E-state index contributed by atoms with van der Waals surface area (Å²) in [5.41, 5.74) is 2.28. The molecule has 17 heavy (non-hydrogen) atoms. The van der Waals surface area contributed by atoms with Crippen molar-refractivity contribution < 1.29 is 9.59 Å². The summed E-state index contributed by atoms with van der Waals surface area (Å²) in [4.78, 5) is 23.8. The van der Waals surface area contributed by atoms with Gasteiger partial charge in [0.2, 0.25) is 0 Å². The van der Waals surface area contributed by atoms with Crippen molar-refractivity contribution in [2.24, 2.45) is 5.92 Å². The Morgan fingerprint density at radius 3 is 2.82 bits per heavy atom. The minimum absolute atomic E-state index is 0.0510. The van der Waals surface area contributed by atoms with Crippen molar-refractivity contribution in [3.63, 3.8) is 0 Å². The standard InChI is InChI=1S/C15H16O2/c1-15-9-11(16)8-14(17)13(15)7-6-10-4-2-3-5-12(10)15/h2-5,13H,6-9H2,1H3/t13-,15+/m0/s1. The van der Waals surface area contributed by atoms with Gasteiger partial charge in [-0.1, -0.05) is 31.2 Å². The molecule has 0 heterocycles. The molecule has 0 spiro atoms. The molecular formula is C15H16O2. The molecule has 0 unspecified atom stereocenters. The summed E-state index contributed by atoms with van der Waals surface area (Å²) in [6.07, 6.45) is 2.55. The maximum absolute atomic E-state index is 12.0. The maximum Gasteiger partial charge on any atom is 0.144 e. The zero-order valence-electron chi connectivity index (χ0n) is 10.0. The van der Waals surface area contributed by atoms with Crippen molar-refractivity contribution in [2.45, 2.75) is 38.0 Å². The van der Waals surface area contributed by atoms with Crippen LogP contribution in [0.5, 0.6) is 0 Å². The summed E-state index contributed by atoms with van der Waals surface area (Å²) < 4.78 is 0. The van der Waals surface area contributed by atoms with Gasteiger partial charge in [-0.25, -0.2) is 0 Å². The molecule has 1 aromatic rings. The van der Waals surface area contributed by atoms with E-state index < -0.39 is 0 Å². The molecule has 0 amide bonds. The zero-order chi connectivity index (χ0) is 12.0. The second-order valence-electron chi connectivity index (χ2n) is 5.52. The molecule has 2 aliphatic carbocycles. The molecule has 3 rings (SSSR count). The first kappa shape index (κ1) is 10.7. The zero-order valence-corrected chi connectivity index (χ0v) is 10.0. The monoisotopic (exact) mass is 228 g/mol. The van der Waals surface area contributed by atoms with Gasteiger partial charge < -0.3 is 0 Å². The average Bonchev–Trinajstić information content (AvgIpc) is 2.28. The number of hydrogen-bond acceptors (Lipinski definition) is 2. The van der Waals surface area contributed by atoms with Crippen LogP contribution in [0.4, 0.5) is 0 Å². The van der Waals surface area contributed by atoms with Crippen molar-refractivity contribution in [1.82, 2.24) is 0 Å². The first-order valence-corrected chi connectivity index (χ1v) is 6.24. The molecule has 0 N–H and O–H groups in total. The fourth-order valence-corrected chi connectivity index (χ4v) is 3.63. The molecule has 0 radical (unpaired) electrons. The normalized spacial score (nSPS) is 31.9. The lowest BCUT2D eigenvalue weighted by Crippen LogP contribution is -2.47. The quantitative estimate of drug-likeness (QED) is 0.639. The smallest absolute Gasteiger partial charge is 0.144 e. The highest BCUT2D eigenvalue weighted by Gasteiger charge is 2.48. The lowest BCUT2D eigenvalue weighted by molar-refractivity contribution is -0.136. The molecule has 0 aliphatic heterocycles. The van der Waals surface area contributed by atoms with Gasteiger partial charge in [0.25, 0.3) is 0 Å². The molecule has 2 heteroatoms. The third kappa shape index (κ3) is 1.47. The van der Waals surface area contributed by atoms with Gasteiger partial charge in [-0.15, -0.1) is 0 Å². The van der Waals surface area contributed by atoms with Gasteiger partial charge in [-0.2, -0.15) is 0 Å². The molecule has 0 bridgehead atoms. The predicted molar refractivity (Wildman–Crippen MR) is 64.9 cm³/mol. The Morgan fingerprint density at radius 2 is 2.00 bits per heavy atom. The van der Waals surface area contributed by atoms with Crippen LogP contribution in [0.2, 0.25) is 0 Å². The number of ketones is 2. The van der Waals surface area contributed by atoms with E-state index >= 15 is 0 Å². The number of fused-ring (bicyclic) bond motifs is 3. The van der Waals surface area contributed by atoms with Gasteiger partial charge in [-0.05, 0) is 24.0 Å². The summed E-state index contributed by atoms with van der Waals surface area (Å²) in [6, 6.07) is 8.26. The number of aryl methyl sites for hydroxylation is 1. The predicted octanol–water partition coefficient (Wildman–Crippen LogP) is 2.44. The molecule has 2 nitrogen and oxygen atoms in total. The SMILES string of the molecule is C[C@]12CC(=O)CC(=O)[C@@H]1CCc1ccccc12. The van der Waals surface area contributed by atoms with Crippen LogP contribution >= 0.6 is 0 Å². The highest BCUT2D eigenvalue weighted by atomic mass is 16.1. The molecule has 88 valence electrons. The Morgan fingerprint density at radius 1 is 1.24 bits per heavy atom. The van der Waals surface area contributed by atoms with Gasteiger partial charge in [0.05, 0.1) is 6.42 Å². The van der Waals surface area contributed by atoms with E-state index in [0.29, 0.717) is 6.42 Å². The van der Waals surface area contributed by atoms with Crippen LogP contribution in [0, 0.1) is 5.92 Å². The molecule has 1 aromatic carbocycles. The number of rotatable bonds is 0. The van der Waals surface area contributed by atoms with Crippen molar-refractivity contribution >= 4 is 11.6 Å².